The number of nitrogens with one attached hydrogen (secondary N) is 1. The number of carbonyl (C=O) groups is 1. The average molecular weight is 381 g/mol. The van der Waals surface area contributed by atoms with Gasteiger partial charge in [-0.25, -0.2) is 0 Å². The summed E-state index contributed by atoms with van der Waals surface area (Å²) in [6.07, 6.45) is 11.7. The van der Waals surface area contributed by atoms with Crippen LogP contribution in [0.5, 0.6) is 0 Å². The summed E-state index contributed by atoms with van der Waals surface area (Å²) in [6, 6.07) is 11.5. The Balaban J connectivity index is 1.39. The highest BCUT2D eigenvalue weighted by molar-refractivity contribution is 5.84. The van der Waals surface area contributed by atoms with E-state index < -0.39 is 0 Å². The Hall–Kier alpha value is -1.35. The van der Waals surface area contributed by atoms with Crippen molar-refractivity contribution in [3.63, 3.8) is 0 Å². The van der Waals surface area contributed by atoms with Gasteiger partial charge in [0.05, 0.1) is 5.41 Å². The van der Waals surface area contributed by atoms with Gasteiger partial charge in [0.1, 0.15) is 0 Å². The topological polar surface area (TPSA) is 55.1 Å². The summed E-state index contributed by atoms with van der Waals surface area (Å²) in [5.74, 6) is 1.74. The van der Waals surface area contributed by atoms with E-state index in [4.69, 9.17) is 5.73 Å². The van der Waals surface area contributed by atoms with Gasteiger partial charge in [-0.05, 0) is 99.0 Å². The van der Waals surface area contributed by atoms with Crippen molar-refractivity contribution in [3.05, 3.63) is 35.9 Å². The number of carbonyl (C=O) groups excluding carboxylic acids is 1. The summed E-state index contributed by atoms with van der Waals surface area (Å²) < 4.78 is 0. The molecule has 2 unspecified atom stereocenters. The molecule has 3 N–H and O–H groups in total. The molecule has 152 valence electrons. The largest absolute Gasteiger partial charge is 0.353 e. The summed E-state index contributed by atoms with van der Waals surface area (Å²) in [7, 11) is 0. The molecule has 3 heteroatoms. The number of hydrogen-bond donors (Lipinski definition) is 2. The molecule has 4 bridgehead atoms. The summed E-state index contributed by atoms with van der Waals surface area (Å²) in [5, 5.41) is 3.53. The smallest absolute Gasteiger partial charge is 0.226 e. The number of benzene rings is 1. The summed E-state index contributed by atoms with van der Waals surface area (Å²) >= 11 is 0. The molecule has 1 amide bonds. The fourth-order valence-corrected chi connectivity index (χ4v) is 8.17. The SMILES string of the molecule is C[C@@]12CC3CC(C(=O)NC4CCC(CN)CC4)(C1)C[C@](c1ccccc1)(C3)C2. The minimum atomic E-state index is -0.144. The monoisotopic (exact) mass is 380 g/mol. The maximum atomic E-state index is 13.7. The van der Waals surface area contributed by atoms with E-state index in [-0.39, 0.29) is 10.8 Å². The summed E-state index contributed by atoms with van der Waals surface area (Å²) in [5.41, 5.74) is 7.72. The van der Waals surface area contributed by atoms with Gasteiger partial charge in [0, 0.05) is 6.04 Å². The van der Waals surface area contributed by atoms with E-state index in [1.54, 1.807) is 0 Å². The van der Waals surface area contributed by atoms with Crippen LogP contribution in [0.25, 0.3) is 0 Å². The van der Waals surface area contributed by atoms with E-state index in [0.29, 0.717) is 29.2 Å². The molecule has 0 aliphatic heterocycles. The molecule has 6 rings (SSSR count). The first-order valence-electron chi connectivity index (χ1n) is 11.5. The fourth-order valence-electron chi connectivity index (χ4n) is 8.17. The Morgan fingerprint density at radius 1 is 1.04 bits per heavy atom. The van der Waals surface area contributed by atoms with Crippen LogP contribution in [-0.4, -0.2) is 18.5 Å². The maximum Gasteiger partial charge on any atom is 0.226 e. The van der Waals surface area contributed by atoms with Crippen LogP contribution in [0.3, 0.4) is 0 Å². The van der Waals surface area contributed by atoms with Gasteiger partial charge in [-0.2, -0.15) is 0 Å². The van der Waals surface area contributed by atoms with Crippen LogP contribution in [0.15, 0.2) is 30.3 Å². The Morgan fingerprint density at radius 2 is 1.79 bits per heavy atom. The van der Waals surface area contributed by atoms with Crippen molar-refractivity contribution >= 4 is 5.91 Å². The quantitative estimate of drug-likeness (QED) is 0.805. The van der Waals surface area contributed by atoms with Gasteiger partial charge in [-0.1, -0.05) is 37.3 Å². The fraction of sp³-hybridized carbons (Fsp3) is 0.720. The van der Waals surface area contributed by atoms with E-state index in [2.05, 4.69) is 42.6 Å². The third-order valence-electron chi connectivity index (χ3n) is 8.73. The van der Waals surface area contributed by atoms with Gasteiger partial charge in [-0.15, -0.1) is 0 Å². The van der Waals surface area contributed by atoms with E-state index in [1.165, 1.54) is 37.7 Å². The zero-order chi connectivity index (χ0) is 19.4. The number of hydrogen-bond acceptors (Lipinski definition) is 2. The molecule has 3 nitrogen and oxygen atoms in total. The van der Waals surface area contributed by atoms with Crippen molar-refractivity contribution in [2.45, 2.75) is 82.6 Å². The first-order valence-corrected chi connectivity index (χ1v) is 11.5. The highest BCUT2D eigenvalue weighted by atomic mass is 16.2. The second kappa shape index (κ2) is 6.58. The summed E-state index contributed by atoms with van der Waals surface area (Å²) in [6.45, 7) is 3.26. The number of rotatable bonds is 4. The van der Waals surface area contributed by atoms with Gasteiger partial charge >= 0.3 is 0 Å². The molecule has 0 saturated heterocycles. The molecule has 1 aromatic rings. The summed E-state index contributed by atoms with van der Waals surface area (Å²) in [4.78, 5) is 13.7. The molecule has 5 aliphatic carbocycles. The standard InChI is InChI=1S/C25H36N2O/c1-23-11-19-12-24(15-23,20-5-3-2-4-6-20)17-25(13-19,16-23)22(28)27-21-9-7-18(14-26)8-10-21/h2-6,18-19,21H,7-17,26H2,1H3,(H,27,28)/t18?,19?,21?,23-,24-,25?/m0/s1. The molecule has 5 fully saturated rings. The molecule has 1 aromatic carbocycles. The van der Waals surface area contributed by atoms with E-state index in [0.717, 1.165) is 38.6 Å². The van der Waals surface area contributed by atoms with Crippen molar-refractivity contribution in [3.8, 4) is 0 Å². The minimum Gasteiger partial charge on any atom is -0.353 e. The second-order valence-corrected chi connectivity index (χ2v) is 11.2. The molecule has 0 aromatic heterocycles. The lowest BCUT2D eigenvalue weighted by Crippen LogP contribution is -2.62. The van der Waals surface area contributed by atoms with Gasteiger partial charge < -0.3 is 11.1 Å². The zero-order valence-electron chi connectivity index (χ0n) is 17.4. The Labute approximate surface area is 169 Å². The first kappa shape index (κ1) is 18.7. The number of nitrogens with two attached hydrogens (primary N) is 1. The van der Waals surface area contributed by atoms with Crippen molar-refractivity contribution in [2.24, 2.45) is 28.4 Å². The van der Waals surface area contributed by atoms with E-state index in [1.807, 2.05) is 0 Å². The third-order valence-corrected chi connectivity index (χ3v) is 8.73. The van der Waals surface area contributed by atoms with Gasteiger partial charge in [-0.3, -0.25) is 4.79 Å². The van der Waals surface area contributed by atoms with Crippen LogP contribution in [0.1, 0.15) is 76.7 Å². The van der Waals surface area contributed by atoms with Crippen molar-refractivity contribution in [1.82, 2.24) is 5.32 Å². The Kier molecular flexibility index (Phi) is 4.39. The lowest BCUT2D eigenvalue weighted by Gasteiger charge is -2.65. The van der Waals surface area contributed by atoms with Crippen LogP contribution in [0.2, 0.25) is 0 Å². The second-order valence-electron chi connectivity index (χ2n) is 11.2. The number of amides is 1. The molecule has 4 atom stereocenters. The van der Waals surface area contributed by atoms with Crippen molar-refractivity contribution < 1.29 is 4.79 Å². The molecule has 5 aliphatic rings. The molecule has 28 heavy (non-hydrogen) atoms. The first-order chi connectivity index (χ1) is 13.4. The Bertz CT molecular complexity index is 740. The molecule has 0 spiro atoms. The van der Waals surface area contributed by atoms with Crippen molar-refractivity contribution in [2.75, 3.05) is 6.54 Å². The average Bonchev–Trinajstić information content (AvgIpc) is 2.67. The molecule has 0 radical (unpaired) electrons. The van der Waals surface area contributed by atoms with Crippen molar-refractivity contribution in [1.29, 1.82) is 0 Å². The van der Waals surface area contributed by atoms with Gasteiger partial charge in [0.15, 0.2) is 0 Å². The van der Waals surface area contributed by atoms with Crippen LogP contribution < -0.4 is 11.1 Å². The minimum absolute atomic E-state index is 0.144. The van der Waals surface area contributed by atoms with Gasteiger partial charge in [0.2, 0.25) is 5.91 Å². The Morgan fingerprint density at radius 3 is 2.46 bits per heavy atom. The van der Waals surface area contributed by atoms with E-state index in [9.17, 15) is 4.79 Å². The highest BCUT2D eigenvalue weighted by Gasteiger charge is 2.64. The maximum absolute atomic E-state index is 13.7. The van der Waals surface area contributed by atoms with E-state index >= 15 is 0 Å². The zero-order valence-corrected chi connectivity index (χ0v) is 17.4. The normalized spacial score (nSPS) is 44.4. The molecular formula is C25H36N2O. The van der Waals surface area contributed by atoms with Crippen LogP contribution in [0, 0.1) is 22.7 Å². The highest BCUT2D eigenvalue weighted by Crippen LogP contribution is 2.70. The predicted octanol–water partition coefficient (Wildman–Crippen LogP) is 4.55. The van der Waals surface area contributed by atoms with Crippen LogP contribution >= 0.6 is 0 Å². The van der Waals surface area contributed by atoms with Crippen LogP contribution in [-0.2, 0) is 10.2 Å². The molecular weight excluding hydrogens is 344 g/mol. The van der Waals surface area contributed by atoms with Crippen LogP contribution in [0.4, 0.5) is 0 Å². The lowest BCUT2D eigenvalue weighted by atomic mass is 9.38. The predicted molar refractivity (Wildman–Crippen MR) is 113 cm³/mol. The van der Waals surface area contributed by atoms with Gasteiger partial charge in [0.25, 0.3) is 0 Å². The molecule has 5 saturated carbocycles. The third kappa shape index (κ3) is 3.01. The lowest BCUT2D eigenvalue weighted by molar-refractivity contribution is -0.161. The molecule has 0 heterocycles.